The largest absolute Gasteiger partial charge is 0.495 e. The van der Waals surface area contributed by atoms with Gasteiger partial charge in [0.1, 0.15) is 17.5 Å². The van der Waals surface area contributed by atoms with E-state index in [9.17, 15) is 13.2 Å². The molecule has 0 saturated carbocycles. The minimum Gasteiger partial charge on any atom is -0.495 e. The summed E-state index contributed by atoms with van der Waals surface area (Å²) in [6, 6.07) is 19.5. The minimum absolute atomic E-state index is 0.230. The van der Waals surface area contributed by atoms with Gasteiger partial charge < -0.3 is 14.8 Å². The molecule has 9 heteroatoms. The molecular formula is C23H23ClN2O5S. The second kappa shape index (κ2) is 9.93. The highest BCUT2D eigenvalue weighted by molar-refractivity contribution is 7.92. The average molecular weight is 475 g/mol. The van der Waals surface area contributed by atoms with Crippen LogP contribution in [0.3, 0.4) is 0 Å². The van der Waals surface area contributed by atoms with Crippen LogP contribution in [-0.2, 0) is 14.8 Å². The molecule has 1 atom stereocenters. The van der Waals surface area contributed by atoms with Crippen molar-refractivity contribution in [3.8, 4) is 17.2 Å². The Balaban J connectivity index is 1.87. The average Bonchev–Trinajstić information content (AvgIpc) is 2.75. The normalized spacial score (nSPS) is 12.0. The lowest BCUT2D eigenvalue weighted by molar-refractivity contribution is -0.116. The highest BCUT2D eigenvalue weighted by atomic mass is 35.5. The van der Waals surface area contributed by atoms with Gasteiger partial charge in [0.05, 0.1) is 29.8 Å². The van der Waals surface area contributed by atoms with Crippen molar-refractivity contribution in [3.63, 3.8) is 0 Å². The van der Waals surface area contributed by atoms with E-state index in [2.05, 4.69) is 5.32 Å². The van der Waals surface area contributed by atoms with Crippen LogP contribution in [0.1, 0.15) is 6.92 Å². The lowest BCUT2D eigenvalue weighted by atomic mass is 10.2. The van der Waals surface area contributed by atoms with Crippen LogP contribution in [0.2, 0.25) is 5.02 Å². The van der Waals surface area contributed by atoms with Crippen LogP contribution in [0.15, 0.2) is 72.8 Å². The van der Waals surface area contributed by atoms with Gasteiger partial charge in [-0.15, -0.1) is 0 Å². The monoisotopic (exact) mass is 474 g/mol. The number of methoxy groups -OCH3 is 1. The number of hydrogen-bond donors (Lipinski definition) is 1. The third-order valence-electron chi connectivity index (χ3n) is 4.59. The zero-order chi connectivity index (χ0) is 23.3. The summed E-state index contributed by atoms with van der Waals surface area (Å²) < 4.78 is 37.1. The van der Waals surface area contributed by atoms with Crippen molar-refractivity contribution < 1.29 is 22.7 Å². The SMILES string of the molecule is COc1ccc(N([C@H](C)C(=O)Nc2ccccc2Oc2ccccc2)S(C)(=O)=O)cc1Cl. The summed E-state index contributed by atoms with van der Waals surface area (Å²) in [7, 11) is -2.35. The molecule has 0 aliphatic rings. The Hall–Kier alpha value is -3.23. The van der Waals surface area contributed by atoms with E-state index >= 15 is 0 Å². The van der Waals surface area contributed by atoms with E-state index in [0.29, 0.717) is 22.9 Å². The first-order valence-electron chi connectivity index (χ1n) is 9.66. The molecule has 0 aliphatic carbocycles. The summed E-state index contributed by atoms with van der Waals surface area (Å²) in [5.41, 5.74) is 0.657. The molecule has 1 N–H and O–H groups in total. The summed E-state index contributed by atoms with van der Waals surface area (Å²) in [5.74, 6) is 0.893. The molecule has 32 heavy (non-hydrogen) atoms. The molecule has 3 aromatic carbocycles. The number of hydrogen-bond acceptors (Lipinski definition) is 5. The molecule has 3 aromatic rings. The van der Waals surface area contributed by atoms with Gasteiger partial charge in [-0.05, 0) is 49.4 Å². The molecule has 0 aromatic heterocycles. The number of rotatable bonds is 8. The minimum atomic E-state index is -3.81. The summed E-state index contributed by atoms with van der Waals surface area (Å²) in [4.78, 5) is 13.1. The Kier molecular flexibility index (Phi) is 7.27. The van der Waals surface area contributed by atoms with Crippen LogP contribution in [0.5, 0.6) is 17.2 Å². The second-order valence-corrected chi connectivity index (χ2v) is 9.22. The maximum absolute atomic E-state index is 13.1. The lowest BCUT2D eigenvalue weighted by Gasteiger charge is -2.28. The first kappa shape index (κ1) is 23.4. The van der Waals surface area contributed by atoms with Gasteiger partial charge in [0.15, 0.2) is 5.75 Å². The van der Waals surface area contributed by atoms with E-state index in [1.807, 2.05) is 18.2 Å². The zero-order valence-corrected chi connectivity index (χ0v) is 19.4. The van der Waals surface area contributed by atoms with Crippen molar-refractivity contribution in [2.75, 3.05) is 23.0 Å². The van der Waals surface area contributed by atoms with Crippen LogP contribution >= 0.6 is 11.6 Å². The van der Waals surface area contributed by atoms with Crippen molar-refractivity contribution in [3.05, 3.63) is 77.8 Å². The van der Waals surface area contributed by atoms with E-state index in [-0.39, 0.29) is 10.7 Å². The molecule has 0 unspecified atom stereocenters. The quantitative estimate of drug-likeness (QED) is 0.500. The summed E-state index contributed by atoms with van der Waals surface area (Å²) in [6.45, 7) is 1.50. The molecule has 0 radical (unpaired) electrons. The Morgan fingerprint density at radius 3 is 2.28 bits per heavy atom. The van der Waals surface area contributed by atoms with Gasteiger partial charge in [0.25, 0.3) is 0 Å². The van der Waals surface area contributed by atoms with Crippen molar-refractivity contribution in [2.45, 2.75) is 13.0 Å². The van der Waals surface area contributed by atoms with Crippen LogP contribution < -0.4 is 19.1 Å². The maximum atomic E-state index is 13.1. The van der Waals surface area contributed by atoms with Crippen LogP contribution in [0.25, 0.3) is 0 Å². The molecule has 0 bridgehead atoms. The number of nitrogens with one attached hydrogen (secondary N) is 1. The molecular weight excluding hydrogens is 452 g/mol. The highest BCUT2D eigenvalue weighted by Gasteiger charge is 2.30. The van der Waals surface area contributed by atoms with Gasteiger partial charge in [-0.1, -0.05) is 41.9 Å². The molecule has 168 valence electrons. The summed E-state index contributed by atoms with van der Waals surface area (Å²) in [6.07, 6.45) is 1.03. The van der Waals surface area contributed by atoms with E-state index in [1.165, 1.54) is 26.2 Å². The summed E-state index contributed by atoms with van der Waals surface area (Å²) >= 11 is 6.17. The Morgan fingerprint density at radius 1 is 1.00 bits per heavy atom. The second-order valence-electron chi connectivity index (χ2n) is 6.95. The predicted molar refractivity (Wildman–Crippen MR) is 126 cm³/mol. The van der Waals surface area contributed by atoms with Gasteiger partial charge in [-0.2, -0.15) is 0 Å². The van der Waals surface area contributed by atoms with Gasteiger partial charge >= 0.3 is 0 Å². The topological polar surface area (TPSA) is 84.9 Å². The number of carbonyl (C=O) groups excluding carboxylic acids is 1. The van der Waals surface area contributed by atoms with Gasteiger partial charge in [-0.3, -0.25) is 9.10 Å². The molecule has 0 fully saturated rings. The fraction of sp³-hybridized carbons (Fsp3) is 0.174. The molecule has 0 heterocycles. The first-order chi connectivity index (χ1) is 15.2. The number of amides is 1. The fourth-order valence-electron chi connectivity index (χ4n) is 3.11. The Bertz CT molecular complexity index is 1200. The van der Waals surface area contributed by atoms with E-state index < -0.39 is 22.0 Å². The zero-order valence-electron chi connectivity index (χ0n) is 17.8. The molecule has 7 nitrogen and oxygen atoms in total. The van der Waals surface area contributed by atoms with Crippen molar-refractivity contribution >= 4 is 38.9 Å². The molecule has 1 amide bonds. The number of sulfonamides is 1. The molecule has 0 spiro atoms. The number of halogens is 1. The number of para-hydroxylation sites is 3. The van der Waals surface area contributed by atoms with Crippen LogP contribution in [0.4, 0.5) is 11.4 Å². The Morgan fingerprint density at radius 2 is 1.66 bits per heavy atom. The third-order valence-corrected chi connectivity index (χ3v) is 6.13. The fourth-order valence-corrected chi connectivity index (χ4v) is 4.53. The molecule has 3 rings (SSSR count). The molecule has 0 aliphatic heterocycles. The van der Waals surface area contributed by atoms with Gasteiger partial charge in [-0.25, -0.2) is 8.42 Å². The van der Waals surface area contributed by atoms with Crippen molar-refractivity contribution in [2.24, 2.45) is 0 Å². The van der Waals surface area contributed by atoms with E-state index in [1.54, 1.807) is 42.5 Å². The van der Waals surface area contributed by atoms with E-state index in [0.717, 1.165) is 10.6 Å². The van der Waals surface area contributed by atoms with Gasteiger partial charge in [0, 0.05) is 0 Å². The number of benzene rings is 3. The van der Waals surface area contributed by atoms with Gasteiger partial charge in [0.2, 0.25) is 15.9 Å². The standard InChI is InChI=1S/C23H23ClN2O5S/c1-16(26(32(3,28)29)17-13-14-21(30-2)19(24)15-17)23(27)25-20-11-7-8-12-22(20)31-18-9-5-4-6-10-18/h4-16H,1-3H3,(H,25,27)/t16-/m1/s1. The number of anilines is 2. The molecule has 0 saturated heterocycles. The smallest absolute Gasteiger partial charge is 0.248 e. The van der Waals surface area contributed by atoms with E-state index in [4.69, 9.17) is 21.1 Å². The van der Waals surface area contributed by atoms with Crippen LogP contribution in [0, 0.1) is 0 Å². The highest BCUT2D eigenvalue weighted by Crippen LogP contribution is 2.32. The maximum Gasteiger partial charge on any atom is 0.248 e. The van der Waals surface area contributed by atoms with Crippen molar-refractivity contribution in [1.82, 2.24) is 0 Å². The number of carbonyl (C=O) groups is 1. The number of ether oxygens (including phenoxy) is 2. The van der Waals surface area contributed by atoms with Crippen molar-refractivity contribution in [1.29, 1.82) is 0 Å². The lowest BCUT2D eigenvalue weighted by Crippen LogP contribution is -2.45. The first-order valence-corrected chi connectivity index (χ1v) is 11.9. The number of nitrogens with zero attached hydrogens (tertiary/aromatic N) is 1. The predicted octanol–water partition coefficient (Wildman–Crippen LogP) is 4.93. The van der Waals surface area contributed by atoms with Crippen LogP contribution in [-0.4, -0.2) is 33.7 Å². The summed E-state index contributed by atoms with van der Waals surface area (Å²) in [5, 5.41) is 2.99. The third kappa shape index (κ3) is 5.52. The Labute approximate surface area is 192 Å².